The molecule has 0 saturated heterocycles. The third-order valence-electron chi connectivity index (χ3n) is 11.0. The first kappa shape index (κ1) is 28.9. The first-order valence-electron chi connectivity index (χ1n) is 17.9. The van der Waals surface area contributed by atoms with Crippen molar-refractivity contribution >= 4 is 38.9 Å². The summed E-state index contributed by atoms with van der Waals surface area (Å²) in [7, 11) is 0. The molecule has 8 aromatic carbocycles. The Morgan fingerprint density at radius 1 is 0.404 bits per heavy atom. The fourth-order valence-electron chi connectivity index (χ4n) is 8.91. The minimum atomic E-state index is -0.571. The van der Waals surface area contributed by atoms with E-state index in [0.29, 0.717) is 0 Å². The minimum Gasteiger partial charge on any atom is -0.457 e. The van der Waals surface area contributed by atoms with Gasteiger partial charge in [0.2, 0.25) is 0 Å². The summed E-state index contributed by atoms with van der Waals surface area (Å²) in [5, 5.41) is 2.54. The topological polar surface area (TPSA) is 17.4 Å². The molecule has 2 aliphatic rings. The van der Waals surface area contributed by atoms with Gasteiger partial charge in [-0.1, -0.05) is 133 Å². The molecule has 0 aliphatic carbocycles. The lowest BCUT2D eigenvalue weighted by Crippen LogP contribution is -2.37. The van der Waals surface area contributed by atoms with Crippen LogP contribution in [0.3, 0.4) is 0 Å². The second-order valence-corrected chi connectivity index (χ2v) is 13.7. The number of anilines is 3. The zero-order valence-electron chi connectivity index (χ0n) is 28.3. The smallest absolute Gasteiger partial charge is 0.132 e. The van der Waals surface area contributed by atoms with Crippen LogP contribution >= 0.6 is 0 Å². The van der Waals surface area contributed by atoms with Gasteiger partial charge in [0.1, 0.15) is 11.5 Å². The second kappa shape index (κ2) is 11.1. The summed E-state index contributed by atoms with van der Waals surface area (Å²) in [6.07, 6.45) is 0. The summed E-state index contributed by atoms with van der Waals surface area (Å²) in [6, 6.07) is 69.9. The van der Waals surface area contributed by atoms with Crippen molar-refractivity contribution in [2.45, 2.75) is 5.41 Å². The van der Waals surface area contributed by atoms with E-state index >= 15 is 0 Å². The van der Waals surface area contributed by atoms with Gasteiger partial charge in [0.25, 0.3) is 0 Å². The van der Waals surface area contributed by atoms with Crippen molar-refractivity contribution in [3.05, 3.63) is 216 Å². The van der Waals surface area contributed by atoms with Gasteiger partial charge in [0.05, 0.1) is 22.1 Å². The Morgan fingerprint density at radius 3 is 1.77 bits per heavy atom. The molecule has 2 aliphatic heterocycles. The predicted molar refractivity (Wildman–Crippen MR) is 213 cm³/mol. The Kier molecular flexibility index (Phi) is 6.17. The second-order valence-electron chi connectivity index (χ2n) is 13.7. The molecule has 3 heterocycles. The molecule has 0 radical (unpaired) electrons. The number of fused-ring (bicyclic) bond motifs is 11. The molecule has 1 unspecified atom stereocenters. The van der Waals surface area contributed by atoms with Gasteiger partial charge in [-0.15, -0.1) is 0 Å². The number of hydrogen-bond acceptors (Lipinski definition) is 2. The molecule has 52 heavy (non-hydrogen) atoms. The van der Waals surface area contributed by atoms with Crippen LogP contribution in [0.25, 0.3) is 38.6 Å². The number of nitrogens with zero attached hydrogens (tertiary/aromatic N) is 2. The SMILES string of the molecule is c1ccc(N(c2ccccc2)c2ccc(-c3ccc4c(c3)Oc3ccccc3C43c4ccccc4-n4c5ccccc5c5cccc3c54)cc2)cc1. The van der Waals surface area contributed by atoms with Gasteiger partial charge in [-0.3, -0.25) is 0 Å². The molecule has 0 amide bonds. The van der Waals surface area contributed by atoms with E-state index in [1.807, 2.05) is 0 Å². The Balaban J connectivity index is 1.11. The molecule has 0 N–H and O–H groups in total. The van der Waals surface area contributed by atoms with E-state index in [9.17, 15) is 0 Å². The van der Waals surface area contributed by atoms with Crippen LogP contribution in [-0.2, 0) is 5.41 Å². The van der Waals surface area contributed by atoms with Crippen molar-refractivity contribution < 1.29 is 4.74 Å². The van der Waals surface area contributed by atoms with E-state index in [-0.39, 0.29) is 0 Å². The Morgan fingerprint density at radius 2 is 0.981 bits per heavy atom. The van der Waals surface area contributed by atoms with Crippen molar-refractivity contribution in [2.24, 2.45) is 0 Å². The van der Waals surface area contributed by atoms with E-state index in [0.717, 1.165) is 50.8 Å². The van der Waals surface area contributed by atoms with Gasteiger partial charge in [0.15, 0.2) is 0 Å². The van der Waals surface area contributed by atoms with Crippen molar-refractivity contribution in [3.8, 4) is 28.3 Å². The van der Waals surface area contributed by atoms with E-state index < -0.39 is 5.41 Å². The number of rotatable bonds is 4. The number of ether oxygens (including phenoxy) is 1. The predicted octanol–water partition coefficient (Wildman–Crippen LogP) is 12.7. The summed E-state index contributed by atoms with van der Waals surface area (Å²) >= 11 is 0. The van der Waals surface area contributed by atoms with Crippen LogP contribution < -0.4 is 9.64 Å². The molecule has 244 valence electrons. The fraction of sp³-hybridized carbons (Fsp3) is 0.0204. The lowest BCUT2D eigenvalue weighted by atomic mass is 9.61. The average Bonchev–Trinajstić information content (AvgIpc) is 3.56. The largest absolute Gasteiger partial charge is 0.457 e. The number of benzene rings is 8. The van der Waals surface area contributed by atoms with E-state index in [1.54, 1.807) is 0 Å². The Hall–Kier alpha value is -6.84. The highest BCUT2D eigenvalue weighted by atomic mass is 16.5. The van der Waals surface area contributed by atoms with E-state index in [1.165, 1.54) is 38.6 Å². The molecule has 1 spiro atoms. The molecule has 11 rings (SSSR count). The maximum Gasteiger partial charge on any atom is 0.132 e. The maximum atomic E-state index is 6.89. The van der Waals surface area contributed by atoms with Gasteiger partial charge in [0, 0.05) is 39.0 Å². The summed E-state index contributed by atoms with van der Waals surface area (Å²) in [6.45, 7) is 0. The van der Waals surface area contributed by atoms with E-state index in [2.05, 4.69) is 204 Å². The molecule has 1 aromatic heterocycles. The highest BCUT2D eigenvalue weighted by molar-refractivity contribution is 6.12. The maximum absolute atomic E-state index is 6.89. The lowest BCUT2D eigenvalue weighted by Gasteiger charge is -2.45. The quantitative estimate of drug-likeness (QED) is 0.186. The fourth-order valence-corrected chi connectivity index (χ4v) is 8.91. The van der Waals surface area contributed by atoms with Crippen LogP contribution in [-0.4, -0.2) is 4.57 Å². The zero-order chi connectivity index (χ0) is 34.2. The summed E-state index contributed by atoms with van der Waals surface area (Å²) < 4.78 is 9.36. The van der Waals surface area contributed by atoms with Crippen molar-refractivity contribution in [3.63, 3.8) is 0 Å². The minimum absolute atomic E-state index is 0.571. The van der Waals surface area contributed by atoms with Gasteiger partial charge < -0.3 is 14.2 Å². The van der Waals surface area contributed by atoms with Gasteiger partial charge in [-0.25, -0.2) is 0 Å². The molecule has 3 nitrogen and oxygen atoms in total. The van der Waals surface area contributed by atoms with Crippen LogP contribution in [0.15, 0.2) is 194 Å². The Bertz CT molecular complexity index is 2780. The summed E-state index contributed by atoms with van der Waals surface area (Å²) in [5.74, 6) is 1.77. The first-order chi connectivity index (χ1) is 25.8. The van der Waals surface area contributed by atoms with Crippen molar-refractivity contribution in [1.82, 2.24) is 4.57 Å². The van der Waals surface area contributed by atoms with E-state index in [4.69, 9.17) is 4.74 Å². The highest BCUT2D eigenvalue weighted by Gasteiger charge is 2.50. The third-order valence-corrected chi connectivity index (χ3v) is 11.0. The van der Waals surface area contributed by atoms with Crippen molar-refractivity contribution in [2.75, 3.05) is 4.90 Å². The van der Waals surface area contributed by atoms with Crippen LogP contribution in [0.2, 0.25) is 0 Å². The lowest BCUT2D eigenvalue weighted by molar-refractivity contribution is 0.434. The first-order valence-corrected chi connectivity index (χ1v) is 17.9. The average molecular weight is 665 g/mol. The third kappa shape index (κ3) is 3.96. The highest BCUT2D eigenvalue weighted by Crippen LogP contribution is 2.60. The van der Waals surface area contributed by atoms with Crippen LogP contribution in [0.5, 0.6) is 11.5 Å². The summed E-state index contributed by atoms with van der Waals surface area (Å²) in [5.41, 5.74) is 13.6. The molecular weight excluding hydrogens is 633 g/mol. The molecule has 3 heteroatoms. The number of aromatic nitrogens is 1. The molecule has 9 aromatic rings. The van der Waals surface area contributed by atoms with Crippen molar-refractivity contribution in [1.29, 1.82) is 0 Å². The van der Waals surface area contributed by atoms with Crippen LogP contribution in [0.1, 0.15) is 22.3 Å². The normalized spacial score (nSPS) is 15.2. The molecule has 0 bridgehead atoms. The monoisotopic (exact) mass is 664 g/mol. The number of para-hydroxylation sites is 6. The van der Waals surface area contributed by atoms with Gasteiger partial charge in [-0.2, -0.15) is 0 Å². The van der Waals surface area contributed by atoms with Gasteiger partial charge >= 0.3 is 0 Å². The van der Waals surface area contributed by atoms with Crippen LogP contribution in [0, 0.1) is 0 Å². The number of hydrogen-bond donors (Lipinski definition) is 0. The van der Waals surface area contributed by atoms with Crippen LogP contribution in [0.4, 0.5) is 17.1 Å². The zero-order valence-corrected chi connectivity index (χ0v) is 28.3. The molecule has 1 atom stereocenters. The Labute approximate surface area is 302 Å². The standard InChI is InChI=1S/C49H32N2O/c1-3-14-35(15-4-1)50(36-16-5-2-6-17-36)37-29-26-33(27-30-37)34-28-31-42-47(32-34)52-46-25-12-9-21-41(46)49(42)40-20-8-11-24-45(40)51-44-23-10-7-18-38(44)39-19-13-22-43(49)48(39)51/h1-32H. The molecule has 0 fully saturated rings. The molecule has 0 saturated carbocycles. The molecular formula is C49H32N2O. The van der Waals surface area contributed by atoms with Gasteiger partial charge in [-0.05, 0) is 82.9 Å². The summed E-state index contributed by atoms with van der Waals surface area (Å²) in [4.78, 5) is 2.29.